The van der Waals surface area contributed by atoms with Crippen LogP contribution < -0.4 is 4.74 Å². The average molecular weight is 553 g/mol. The topological polar surface area (TPSA) is 14.2 Å². The van der Waals surface area contributed by atoms with E-state index in [2.05, 4.69) is 0 Å². The van der Waals surface area contributed by atoms with Crippen molar-refractivity contribution in [1.82, 2.24) is 4.57 Å². The predicted molar refractivity (Wildman–Crippen MR) is 175 cm³/mol. The molecule has 0 N–H and O–H groups in total. The SMILES string of the molecule is [2H]c1c([2H])c([2H])c(-c2ccc3c4c(cccc24)-c2cc(-c4c([2H])c([2H])c([2H])c5c4c4c([2H])c([2H])c([2H])c([2H])c4n5-c4c([2H])c([2H])c([2H])c([2H])c4[2H])ccc2O3)c([2H])c1[2H]. The van der Waals surface area contributed by atoms with Crippen LogP contribution in [0.15, 0.2) is 151 Å². The fourth-order valence-corrected chi connectivity index (χ4v) is 5.76. The van der Waals surface area contributed by atoms with E-state index in [9.17, 15) is 1.37 Å². The molecule has 0 unspecified atom stereocenters. The van der Waals surface area contributed by atoms with Crippen molar-refractivity contribution >= 4 is 32.6 Å². The van der Waals surface area contributed by atoms with E-state index in [-0.39, 0.29) is 50.6 Å². The predicted octanol–water partition coefficient (Wildman–Crippen LogP) is 11.0. The summed E-state index contributed by atoms with van der Waals surface area (Å²) in [5.74, 6) is 0.791. The molecular weight excluding hydrogens is 510 g/mol. The van der Waals surface area contributed by atoms with Gasteiger partial charge in [0.1, 0.15) is 11.5 Å². The number of para-hydroxylation sites is 2. The zero-order valence-corrected chi connectivity index (χ0v) is 21.5. The lowest BCUT2D eigenvalue weighted by Gasteiger charge is -2.23. The monoisotopic (exact) mass is 552 g/mol. The number of rotatable bonds is 3. The van der Waals surface area contributed by atoms with Gasteiger partial charge in [0.15, 0.2) is 0 Å². The van der Waals surface area contributed by atoms with E-state index in [1.165, 1.54) is 0 Å². The molecule has 2 heterocycles. The molecule has 0 saturated heterocycles. The second-order valence-corrected chi connectivity index (χ2v) is 9.66. The Labute approximate surface area is 267 Å². The van der Waals surface area contributed by atoms with Crippen LogP contribution in [0.2, 0.25) is 0 Å². The summed E-state index contributed by atoms with van der Waals surface area (Å²) >= 11 is 0. The fourth-order valence-electron chi connectivity index (χ4n) is 5.76. The summed E-state index contributed by atoms with van der Waals surface area (Å²) in [6.07, 6.45) is 0. The third kappa shape index (κ3) is 3.33. The Hall–Kier alpha value is -5.60. The Morgan fingerprint density at radius 3 is 2.12 bits per heavy atom. The standard InChI is InChI=1S/C40H25NO/c1-3-11-26(12-4-1)29-22-24-38-40-31(29)17-9-18-32(40)34-25-27(21-23-37(34)42-38)30-16-10-20-36-39(30)33-15-7-8-19-35(33)41(36)28-13-5-2-6-14-28/h1-25H/i1D,2D,3D,4D,5D,6D,7D,8D,10D,11D,12D,13D,14D,15D,16D,19D,20D. The van der Waals surface area contributed by atoms with Crippen LogP contribution in [0, 0.1) is 0 Å². The van der Waals surface area contributed by atoms with Crippen molar-refractivity contribution in [3.8, 4) is 50.6 Å². The third-order valence-corrected chi connectivity index (χ3v) is 7.48. The maximum absolute atomic E-state index is 9.25. The number of fused-ring (bicyclic) bond motifs is 5. The molecule has 2 nitrogen and oxygen atoms in total. The summed E-state index contributed by atoms with van der Waals surface area (Å²) in [5.41, 5.74) is 0.569. The molecule has 196 valence electrons. The molecule has 0 aliphatic carbocycles. The second-order valence-electron chi connectivity index (χ2n) is 9.66. The van der Waals surface area contributed by atoms with Crippen LogP contribution in [0.1, 0.15) is 23.3 Å². The average Bonchev–Trinajstić information content (AvgIpc) is 3.57. The molecule has 9 rings (SSSR count). The third-order valence-electron chi connectivity index (χ3n) is 7.48. The van der Waals surface area contributed by atoms with Crippen LogP contribution in [-0.2, 0) is 0 Å². The van der Waals surface area contributed by atoms with Crippen LogP contribution in [0.5, 0.6) is 11.5 Å². The van der Waals surface area contributed by atoms with Crippen LogP contribution in [0.3, 0.4) is 0 Å². The van der Waals surface area contributed by atoms with E-state index < -0.39 is 96.3 Å². The molecule has 0 radical (unpaired) electrons. The summed E-state index contributed by atoms with van der Waals surface area (Å²) in [7, 11) is 0. The molecular formula is C40H25NO. The largest absolute Gasteiger partial charge is 0.456 e. The minimum absolute atomic E-state index is 0.000915. The van der Waals surface area contributed by atoms with Gasteiger partial charge in [-0.1, -0.05) is 109 Å². The van der Waals surface area contributed by atoms with Gasteiger partial charge in [-0.25, -0.2) is 0 Å². The number of hydrogen-bond acceptors (Lipinski definition) is 1. The molecule has 0 bridgehead atoms. The normalized spacial score (nSPS) is 17.7. The van der Waals surface area contributed by atoms with Crippen LogP contribution in [0.4, 0.5) is 0 Å². The van der Waals surface area contributed by atoms with Crippen molar-refractivity contribution in [2.45, 2.75) is 0 Å². The smallest absolute Gasteiger partial charge is 0.135 e. The van der Waals surface area contributed by atoms with Crippen molar-refractivity contribution in [2.75, 3.05) is 0 Å². The van der Waals surface area contributed by atoms with E-state index in [1.54, 1.807) is 48.5 Å². The Morgan fingerprint density at radius 1 is 0.476 bits per heavy atom. The molecule has 0 spiro atoms. The minimum Gasteiger partial charge on any atom is -0.456 e. The summed E-state index contributed by atoms with van der Waals surface area (Å²) in [6, 6.07) is 3.24. The highest BCUT2D eigenvalue weighted by Gasteiger charge is 2.23. The van der Waals surface area contributed by atoms with Gasteiger partial charge in [0.25, 0.3) is 0 Å². The first-order valence-corrected chi connectivity index (χ1v) is 13.0. The summed E-state index contributed by atoms with van der Waals surface area (Å²) < 4.78 is 154. The molecule has 7 aromatic carbocycles. The van der Waals surface area contributed by atoms with Gasteiger partial charge >= 0.3 is 0 Å². The Kier molecular flexibility index (Phi) is 2.58. The zero-order valence-electron chi connectivity index (χ0n) is 38.5. The van der Waals surface area contributed by atoms with E-state index in [0.717, 1.165) is 4.57 Å². The Balaban J connectivity index is 1.39. The molecule has 0 amide bonds. The van der Waals surface area contributed by atoms with Crippen LogP contribution >= 0.6 is 0 Å². The Bertz CT molecular complexity index is 3220. The summed E-state index contributed by atoms with van der Waals surface area (Å²) in [5, 5.41) is 0.790. The van der Waals surface area contributed by atoms with Crippen molar-refractivity contribution in [3.63, 3.8) is 0 Å². The first-order valence-electron chi connectivity index (χ1n) is 21.5. The first kappa shape index (κ1) is 12.1. The van der Waals surface area contributed by atoms with Gasteiger partial charge < -0.3 is 9.30 Å². The van der Waals surface area contributed by atoms with Gasteiger partial charge in [0.05, 0.1) is 34.3 Å². The quantitative estimate of drug-likeness (QED) is 0.213. The lowest BCUT2D eigenvalue weighted by molar-refractivity contribution is 0.487. The minimum atomic E-state index is -0.731. The Morgan fingerprint density at radius 2 is 1.24 bits per heavy atom. The maximum atomic E-state index is 9.25. The molecule has 1 aliphatic heterocycles. The van der Waals surface area contributed by atoms with Gasteiger partial charge in [-0.2, -0.15) is 0 Å². The number of hydrogen-bond donors (Lipinski definition) is 0. The van der Waals surface area contributed by atoms with Gasteiger partial charge in [-0.05, 0) is 75.6 Å². The summed E-state index contributed by atoms with van der Waals surface area (Å²) in [6.45, 7) is 0. The van der Waals surface area contributed by atoms with Gasteiger partial charge in [0, 0.05) is 27.4 Å². The van der Waals surface area contributed by atoms with E-state index in [4.69, 9.17) is 26.7 Å². The lowest BCUT2D eigenvalue weighted by Crippen LogP contribution is -1.98. The van der Waals surface area contributed by atoms with Gasteiger partial charge in [-0.15, -0.1) is 0 Å². The van der Waals surface area contributed by atoms with Gasteiger partial charge in [-0.3, -0.25) is 0 Å². The molecule has 0 saturated carbocycles. The van der Waals surface area contributed by atoms with Crippen LogP contribution in [-0.4, -0.2) is 4.57 Å². The van der Waals surface area contributed by atoms with Crippen molar-refractivity contribution in [2.24, 2.45) is 0 Å². The summed E-state index contributed by atoms with van der Waals surface area (Å²) in [4.78, 5) is 0. The molecule has 1 aliphatic rings. The number of benzene rings is 7. The number of ether oxygens (including phenoxy) is 1. The lowest BCUT2D eigenvalue weighted by atomic mass is 9.89. The van der Waals surface area contributed by atoms with E-state index >= 15 is 0 Å². The van der Waals surface area contributed by atoms with Crippen molar-refractivity contribution < 1.29 is 28.0 Å². The molecule has 2 heteroatoms. The van der Waals surface area contributed by atoms with E-state index in [1.807, 2.05) is 0 Å². The van der Waals surface area contributed by atoms with Crippen molar-refractivity contribution in [1.29, 1.82) is 0 Å². The second kappa shape index (κ2) is 8.95. The maximum Gasteiger partial charge on any atom is 0.135 e. The van der Waals surface area contributed by atoms with E-state index in [0.29, 0.717) is 39.0 Å². The molecule has 8 aromatic rings. The highest BCUT2D eigenvalue weighted by molar-refractivity contribution is 6.16. The number of aromatic nitrogens is 1. The fraction of sp³-hybridized carbons (Fsp3) is 0. The molecule has 0 atom stereocenters. The number of nitrogens with zero attached hydrogens (tertiary/aromatic N) is 1. The highest BCUT2D eigenvalue weighted by Crippen LogP contribution is 2.50. The van der Waals surface area contributed by atoms with Crippen LogP contribution in [0.25, 0.3) is 71.6 Å². The molecule has 42 heavy (non-hydrogen) atoms. The van der Waals surface area contributed by atoms with Gasteiger partial charge in [0.2, 0.25) is 0 Å². The van der Waals surface area contributed by atoms with Crippen molar-refractivity contribution in [3.05, 3.63) is 151 Å². The molecule has 1 aromatic heterocycles. The zero-order chi connectivity index (χ0) is 42.4. The highest BCUT2D eigenvalue weighted by atomic mass is 16.5. The molecule has 0 fully saturated rings. The first-order chi connectivity index (χ1) is 27.9.